The summed E-state index contributed by atoms with van der Waals surface area (Å²) in [6.45, 7) is 22.3. The molecule has 2 aromatic carbocycles. The van der Waals surface area contributed by atoms with Gasteiger partial charge in [0.2, 0.25) is 0 Å². The van der Waals surface area contributed by atoms with Gasteiger partial charge in [-0.3, -0.25) is 0 Å². The molecule has 0 amide bonds. The second kappa shape index (κ2) is 9.66. The minimum atomic E-state index is -0.0639. The normalized spacial score (nSPS) is 16.7. The molecule has 0 aromatic heterocycles. The summed E-state index contributed by atoms with van der Waals surface area (Å²) >= 11 is 0. The van der Waals surface area contributed by atoms with Crippen LogP contribution in [0.1, 0.15) is 89.5 Å². The fraction of sp³-hybridized carbons (Fsp3) is 0.571. The lowest BCUT2D eigenvalue weighted by Gasteiger charge is -2.39. The van der Waals surface area contributed by atoms with E-state index in [4.69, 9.17) is 9.78 Å². The van der Waals surface area contributed by atoms with Gasteiger partial charge in [-0.05, 0) is 60.8 Å². The van der Waals surface area contributed by atoms with E-state index in [9.17, 15) is 0 Å². The molecular formula is C28H42O2. The molecule has 4 atom stereocenters. The molecule has 0 saturated heterocycles. The summed E-state index contributed by atoms with van der Waals surface area (Å²) in [7, 11) is 0. The van der Waals surface area contributed by atoms with Crippen LogP contribution >= 0.6 is 0 Å². The zero-order valence-electron chi connectivity index (χ0n) is 20.7. The Bertz CT molecular complexity index is 740. The molecule has 0 aliphatic rings. The molecule has 0 fully saturated rings. The number of rotatable bonds is 7. The first-order valence-corrected chi connectivity index (χ1v) is 11.3. The first kappa shape index (κ1) is 24.6. The van der Waals surface area contributed by atoms with Gasteiger partial charge in [0, 0.05) is 11.8 Å². The molecule has 0 bridgehead atoms. The monoisotopic (exact) mass is 410 g/mol. The summed E-state index contributed by atoms with van der Waals surface area (Å²) < 4.78 is 0. The van der Waals surface area contributed by atoms with Crippen LogP contribution in [0.15, 0.2) is 48.5 Å². The third-order valence-electron chi connectivity index (χ3n) is 6.21. The van der Waals surface area contributed by atoms with Crippen molar-refractivity contribution in [2.45, 2.75) is 93.3 Å². The van der Waals surface area contributed by atoms with E-state index in [1.807, 2.05) is 0 Å². The quantitative estimate of drug-likeness (QED) is 0.340. The largest absolute Gasteiger partial charge is 0.233 e. The van der Waals surface area contributed by atoms with E-state index in [0.717, 1.165) is 0 Å². The average Bonchev–Trinajstić information content (AvgIpc) is 2.61. The number of hydrogen-bond donors (Lipinski definition) is 0. The summed E-state index contributed by atoms with van der Waals surface area (Å²) in [5.74, 6) is 0.467. The lowest BCUT2D eigenvalue weighted by atomic mass is 9.72. The maximum absolute atomic E-state index is 6.14. The topological polar surface area (TPSA) is 18.5 Å². The maximum atomic E-state index is 6.14. The van der Waals surface area contributed by atoms with Gasteiger partial charge in [-0.2, -0.15) is 0 Å². The van der Waals surface area contributed by atoms with Gasteiger partial charge >= 0.3 is 0 Å². The molecule has 0 spiro atoms. The molecule has 2 heteroatoms. The van der Waals surface area contributed by atoms with Crippen molar-refractivity contribution in [2.75, 3.05) is 0 Å². The first-order valence-electron chi connectivity index (χ1n) is 11.3. The molecule has 0 saturated carbocycles. The molecule has 0 heterocycles. The molecule has 0 N–H and O–H groups in total. The van der Waals surface area contributed by atoms with Crippen molar-refractivity contribution in [1.29, 1.82) is 0 Å². The van der Waals surface area contributed by atoms with E-state index in [1.165, 1.54) is 22.3 Å². The highest BCUT2D eigenvalue weighted by molar-refractivity contribution is 5.32. The van der Waals surface area contributed by atoms with Crippen LogP contribution in [0.3, 0.4) is 0 Å². The van der Waals surface area contributed by atoms with Crippen LogP contribution in [0.2, 0.25) is 0 Å². The fourth-order valence-electron chi connectivity index (χ4n) is 5.00. The minimum Gasteiger partial charge on any atom is -0.233 e. The highest BCUT2D eigenvalue weighted by Crippen LogP contribution is 2.43. The van der Waals surface area contributed by atoms with Crippen LogP contribution in [0, 0.1) is 24.7 Å². The molecule has 4 unspecified atom stereocenters. The van der Waals surface area contributed by atoms with E-state index in [2.05, 4.69) is 118 Å². The van der Waals surface area contributed by atoms with Gasteiger partial charge in [0.25, 0.3) is 0 Å². The lowest BCUT2D eigenvalue weighted by molar-refractivity contribution is -0.357. The predicted octanol–water partition coefficient (Wildman–Crippen LogP) is 7.99. The van der Waals surface area contributed by atoms with Gasteiger partial charge in [-0.25, -0.2) is 9.78 Å². The maximum Gasteiger partial charge on any atom is 0.0975 e. The molecule has 0 aliphatic heterocycles. The average molecular weight is 411 g/mol. The molecule has 2 aromatic rings. The third-order valence-corrected chi connectivity index (χ3v) is 6.21. The van der Waals surface area contributed by atoms with Gasteiger partial charge in [0.05, 0.1) is 12.2 Å². The molecule has 2 rings (SSSR count). The van der Waals surface area contributed by atoms with Crippen LogP contribution in [0.25, 0.3) is 0 Å². The minimum absolute atomic E-state index is 0.0531. The summed E-state index contributed by atoms with van der Waals surface area (Å²) in [6.07, 6.45) is -0.128. The number of aryl methyl sites for hydroxylation is 2. The van der Waals surface area contributed by atoms with Crippen molar-refractivity contribution in [1.82, 2.24) is 0 Å². The van der Waals surface area contributed by atoms with Crippen LogP contribution in [0.5, 0.6) is 0 Å². The van der Waals surface area contributed by atoms with Gasteiger partial charge < -0.3 is 0 Å². The number of benzene rings is 2. The highest BCUT2D eigenvalue weighted by Gasteiger charge is 2.36. The molecule has 30 heavy (non-hydrogen) atoms. The Hall–Kier alpha value is -1.64. The van der Waals surface area contributed by atoms with Crippen LogP contribution in [-0.2, 0) is 9.78 Å². The lowest BCUT2D eigenvalue weighted by Crippen LogP contribution is -2.35. The zero-order valence-corrected chi connectivity index (χ0v) is 20.7. The van der Waals surface area contributed by atoms with Gasteiger partial charge in [-0.15, -0.1) is 0 Å². The van der Waals surface area contributed by atoms with Crippen molar-refractivity contribution in [3.05, 3.63) is 70.8 Å². The molecule has 166 valence electrons. The van der Waals surface area contributed by atoms with Crippen molar-refractivity contribution in [2.24, 2.45) is 10.8 Å². The van der Waals surface area contributed by atoms with Crippen LogP contribution < -0.4 is 0 Å². The fourth-order valence-corrected chi connectivity index (χ4v) is 5.00. The van der Waals surface area contributed by atoms with Crippen LogP contribution in [-0.4, -0.2) is 12.2 Å². The number of hydrogen-bond acceptors (Lipinski definition) is 2. The summed E-state index contributed by atoms with van der Waals surface area (Å²) in [5.41, 5.74) is 5.37. The van der Waals surface area contributed by atoms with E-state index in [1.54, 1.807) is 0 Å². The summed E-state index contributed by atoms with van der Waals surface area (Å²) in [5, 5.41) is 0. The standard InChI is InChI=1S/C28H42O2/c1-19-15-11-13-17-23(19)25(27(5,6)7)21(3)29-30-22(4)26(28(8,9)10)24-18-14-12-16-20(24)2/h11-18,21-22,25-26H,1-10H3. The molecule has 2 nitrogen and oxygen atoms in total. The summed E-state index contributed by atoms with van der Waals surface area (Å²) in [4.78, 5) is 12.3. The SMILES string of the molecule is Cc1ccccc1C(C(C)OOC(C)C(c1ccccc1C)C(C)(C)C)C(C)(C)C. The van der Waals surface area contributed by atoms with E-state index in [0.29, 0.717) is 0 Å². The molecule has 0 radical (unpaired) electrons. The van der Waals surface area contributed by atoms with Gasteiger partial charge in [-0.1, -0.05) is 90.1 Å². The first-order chi connectivity index (χ1) is 13.8. The smallest absolute Gasteiger partial charge is 0.0975 e. The Kier molecular flexibility index (Phi) is 7.93. The van der Waals surface area contributed by atoms with Crippen molar-refractivity contribution >= 4 is 0 Å². The second-order valence-corrected chi connectivity index (χ2v) is 11.0. The Morgan fingerprint density at radius 1 is 0.567 bits per heavy atom. The Morgan fingerprint density at radius 2 is 0.867 bits per heavy atom. The van der Waals surface area contributed by atoms with Gasteiger partial charge in [0.15, 0.2) is 0 Å². The predicted molar refractivity (Wildman–Crippen MR) is 128 cm³/mol. The van der Waals surface area contributed by atoms with Crippen molar-refractivity contribution < 1.29 is 9.78 Å². The Labute approximate surface area is 184 Å². The molecule has 0 aliphatic carbocycles. The van der Waals surface area contributed by atoms with E-state index < -0.39 is 0 Å². The Morgan fingerprint density at radius 3 is 1.13 bits per heavy atom. The van der Waals surface area contributed by atoms with Crippen LogP contribution in [0.4, 0.5) is 0 Å². The molecular weight excluding hydrogens is 368 g/mol. The highest BCUT2D eigenvalue weighted by atomic mass is 17.2. The zero-order chi connectivity index (χ0) is 22.7. The third kappa shape index (κ3) is 5.95. The van der Waals surface area contributed by atoms with Gasteiger partial charge in [0.1, 0.15) is 0 Å². The van der Waals surface area contributed by atoms with Crippen molar-refractivity contribution in [3.63, 3.8) is 0 Å². The van der Waals surface area contributed by atoms with E-state index >= 15 is 0 Å². The summed E-state index contributed by atoms with van der Waals surface area (Å²) in [6, 6.07) is 17.2. The van der Waals surface area contributed by atoms with E-state index in [-0.39, 0.29) is 34.9 Å². The Balaban J connectivity index is 2.24. The second-order valence-electron chi connectivity index (χ2n) is 11.0. The van der Waals surface area contributed by atoms with Crippen molar-refractivity contribution in [3.8, 4) is 0 Å².